The maximum Gasteiger partial charge on any atom is 0.0629 e. The second-order valence-electron chi connectivity index (χ2n) is 4.62. The fraction of sp³-hybridized carbons (Fsp3) is 1.00. The zero-order valence-electron chi connectivity index (χ0n) is 9.95. The summed E-state index contributed by atoms with van der Waals surface area (Å²) in [5.74, 6) is 2.09. The summed E-state index contributed by atoms with van der Waals surface area (Å²) in [5.41, 5.74) is 0. The van der Waals surface area contributed by atoms with E-state index in [9.17, 15) is 0 Å². The van der Waals surface area contributed by atoms with E-state index in [1.165, 1.54) is 12.8 Å². The maximum atomic E-state index is 5.83. The standard InChI is InChI=1S/C12H24O2/c1-5-14-12(9(2)3)11-7-6-10(11)8-13-4/h9-12H,5-8H2,1-4H3. The Morgan fingerprint density at radius 2 is 2.00 bits per heavy atom. The number of hydrogen-bond donors (Lipinski definition) is 0. The molecule has 0 N–H and O–H groups in total. The fourth-order valence-electron chi connectivity index (χ4n) is 2.45. The van der Waals surface area contributed by atoms with E-state index in [1.807, 2.05) is 0 Å². The third kappa shape index (κ3) is 2.71. The van der Waals surface area contributed by atoms with Gasteiger partial charge in [0, 0.05) is 20.3 Å². The molecule has 1 aliphatic carbocycles. The highest BCUT2D eigenvalue weighted by Crippen LogP contribution is 2.40. The van der Waals surface area contributed by atoms with E-state index in [4.69, 9.17) is 9.47 Å². The van der Waals surface area contributed by atoms with Gasteiger partial charge in [0.1, 0.15) is 0 Å². The van der Waals surface area contributed by atoms with Crippen molar-refractivity contribution in [2.24, 2.45) is 17.8 Å². The first-order chi connectivity index (χ1) is 6.70. The smallest absolute Gasteiger partial charge is 0.0629 e. The van der Waals surface area contributed by atoms with Crippen LogP contribution in [-0.2, 0) is 9.47 Å². The predicted molar refractivity (Wildman–Crippen MR) is 58.3 cm³/mol. The Labute approximate surface area is 88.0 Å². The van der Waals surface area contributed by atoms with E-state index in [2.05, 4.69) is 20.8 Å². The molecular formula is C12H24O2. The molecule has 0 aromatic carbocycles. The van der Waals surface area contributed by atoms with E-state index < -0.39 is 0 Å². The van der Waals surface area contributed by atoms with Gasteiger partial charge in [-0.15, -0.1) is 0 Å². The molecule has 1 fully saturated rings. The molecule has 0 spiro atoms. The summed E-state index contributed by atoms with van der Waals surface area (Å²) in [6.45, 7) is 8.32. The molecule has 0 aromatic heterocycles. The average molecular weight is 200 g/mol. The van der Waals surface area contributed by atoms with Crippen LogP contribution in [0.3, 0.4) is 0 Å². The summed E-state index contributed by atoms with van der Waals surface area (Å²) < 4.78 is 11.1. The van der Waals surface area contributed by atoms with Crippen molar-refractivity contribution in [3.63, 3.8) is 0 Å². The molecule has 14 heavy (non-hydrogen) atoms. The molecule has 1 aliphatic rings. The number of rotatable bonds is 6. The molecule has 0 aliphatic heterocycles. The molecule has 3 atom stereocenters. The predicted octanol–water partition coefficient (Wildman–Crippen LogP) is 2.72. The Bertz CT molecular complexity index is 156. The van der Waals surface area contributed by atoms with Gasteiger partial charge in [-0.25, -0.2) is 0 Å². The van der Waals surface area contributed by atoms with Crippen molar-refractivity contribution in [3.8, 4) is 0 Å². The molecule has 1 saturated carbocycles. The van der Waals surface area contributed by atoms with Gasteiger partial charge in [-0.05, 0) is 37.5 Å². The summed E-state index contributed by atoms with van der Waals surface area (Å²) in [7, 11) is 1.79. The second-order valence-corrected chi connectivity index (χ2v) is 4.62. The Morgan fingerprint density at radius 1 is 1.29 bits per heavy atom. The van der Waals surface area contributed by atoms with Gasteiger partial charge in [0.2, 0.25) is 0 Å². The minimum absolute atomic E-state index is 0.439. The van der Waals surface area contributed by atoms with E-state index in [0.29, 0.717) is 12.0 Å². The second kappa shape index (κ2) is 5.72. The van der Waals surface area contributed by atoms with Crippen molar-refractivity contribution in [1.82, 2.24) is 0 Å². The van der Waals surface area contributed by atoms with Crippen LogP contribution >= 0.6 is 0 Å². The average Bonchev–Trinajstić information content (AvgIpc) is 2.11. The molecule has 0 amide bonds. The first-order valence-electron chi connectivity index (χ1n) is 5.81. The van der Waals surface area contributed by atoms with Crippen molar-refractivity contribution in [2.75, 3.05) is 20.3 Å². The first kappa shape index (κ1) is 12.0. The molecule has 0 heterocycles. The highest BCUT2D eigenvalue weighted by Gasteiger charge is 2.38. The van der Waals surface area contributed by atoms with Gasteiger partial charge >= 0.3 is 0 Å². The largest absolute Gasteiger partial charge is 0.384 e. The number of methoxy groups -OCH3 is 1. The van der Waals surface area contributed by atoms with Gasteiger partial charge in [0.15, 0.2) is 0 Å². The monoisotopic (exact) mass is 200 g/mol. The van der Waals surface area contributed by atoms with Crippen molar-refractivity contribution < 1.29 is 9.47 Å². The third-order valence-corrected chi connectivity index (χ3v) is 3.30. The van der Waals surface area contributed by atoms with E-state index in [0.717, 1.165) is 25.0 Å². The lowest BCUT2D eigenvalue weighted by molar-refractivity contribution is -0.0792. The van der Waals surface area contributed by atoms with Crippen molar-refractivity contribution in [2.45, 2.75) is 39.7 Å². The Morgan fingerprint density at radius 3 is 2.36 bits per heavy atom. The number of hydrogen-bond acceptors (Lipinski definition) is 2. The zero-order chi connectivity index (χ0) is 10.6. The minimum Gasteiger partial charge on any atom is -0.384 e. The van der Waals surface area contributed by atoms with E-state index in [-0.39, 0.29) is 0 Å². The third-order valence-electron chi connectivity index (χ3n) is 3.30. The molecule has 0 radical (unpaired) electrons. The zero-order valence-corrected chi connectivity index (χ0v) is 9.95. The normalized spacial score (nSPS) is 28.9. The topological polar surface area (TPSA) is 18.5 Å². The summed E-state index contributed by atoms with van der Waals surface area (Å²) >= 11 is 0. The van der Waals surface area contributed by atoms with Crippen LogP contribution in [0.1, 0.15) is 33.6 Å². The summed E-state index contributed by atoms with van der Waals surface area (Å²) in [6.07, 6.45) is 3.07. The van der Waals surface area contributed by atoms with Crippen LogP contribution in [0.5, 0.6) is 0 Å². The van der Waals surface area contributed by atoms with Crippen LogP contribution in [0.2, 0.25) is 0 Å². The summed E-state index contributed by atoms with van der Waals surface area (Å²) in [6, 6.07) is 0. The molecule has 0 aromatic rings. The van der Waals surface area contributed by atoms with Crippen LogP contribution in [0.25, 0.3) is 0 Å². The molecule has 84 valence electrons. The highest BCUT2D eigenvalue weighted by molar-refractivity contribution is 4.87. The van der Waals surface area contributed by atoms with E-state index >= 15 is 0 Å². The summed E-state index contributed by atoms with van der Waals surface area (Å²) in [4.78, 5) is 0. The summed E-state index contributed by atoms with van der Waals surface area (Å²) in [5, 5.41) is 0. The Kier molecular flexibility index (Phi) is 4.90. The lowest BCUT2D eigenvalue weighted by Gasteiger charge is -2.43. The Balaban J connectivity index is 2.43. The van der Waals surface area contributed by atoms with Gasteiger partial charge in [0.05, 0.1) is 6.10 Å². The Hall–Kier alpha value is -0.0800. The first-order valence-corrected chi connectivity index (χ1v) is 5.81. The van der Waals surface area contributed by atoms with Crippen molar-refractivity contribution in [1.29, 1.82) is 0 Å². The van der Waals surface area contributed by atoms with Gasteiger partial charge in [0.25, 0.3) is 0 Å². The molecular weight excluding hydrogens is 176 g/mol. The molecule has 0 bridgehead atoms. The maximum absolute atomic E-state index is 5.83. The molecule has 2 nitrogen and oxygen atoms in total. The number of ether oxygens (including phenoxy) is 2. The van der Waals surface area contributed by atoms with Gasteiger partial charge in [-0.3, -0.25) is 0 Å². The quantitative estimate of drug-likeness (QED) is 0.656. The van der Waals surface area contributed by atoms with Crippen molar-refractivity contribution >= 4 is 0 Å². The lowest BCUT2D eigenvalue weighted by Crippen LogP contribution is -2.42. The van der Waals surface area contributed by atoms with Gasteiger partial charge < -0.3 is 9.47 Å². The van der Waals surface area contributed by atoms with Crippen molar-refractivity contribution in [3.05, 3.63) is 0 Å². The molecule has 1 rings (SSSR count). The SMILES string of the molecule is CCOC(C(C)C)C1CCC1COC. The minimum atomic E-state index is 0.439. The highest BCUT2D eigenvalue weighted by atomic mass is 16.5. The molecule has 3 unspecified atom stereocenters. The van der Waals surface area contributed by atoms with Crippen LogP contribution in [0, 0.1) is 17.8 Å². The van der Waals surface area contributed by atoms with Crippen LogP contribution < -0.4 is 0 Å². The van der Waals surface area contributed by atoms with Crippen LogP contribution in [0.15, 0.2) is 0 Å². The molecule has 0 saturated heterocycles. The lowest BCUT2D eigenvalue weighted by atomic mass is 9.68. The van der Waals surface area contributed by atoms with Crippen LogP contribution in [0.4, 0.5) is 0 Å². The van der Waals surface area contributed by atoms with Gasteiger partial charge in [-0.1, -0.05) is 13.8 Å². The van der Waals surface area contributed by atoms with Crippen LogP contribution in [-0.4, -0.2) is 26.4 Å². The van der Waals surface area contributed by atoms with E-state index in [1.54, 1.807) is 7.11 Å². The fourth-order valence-corrected chi connectivity index (χ4v) is 2.45. The van der Waals surface area contributed by atoms with Gasteiger partial charge in [-0.2, -0.15) is 0 Å². The molecule has 2 heteroatoms.